The molecule has 0 fully saturated rings. The van der Waals surface area contributed by atoms with Crippen LogP contribution in [0.1, 0.15) is 10.4 Å². The molecular formula is C13H14N2O3S2. The molecule has 0 aliphatic carbocycles. The molecule has 2 aromatic rings. The number of benzene rings is 1. The maximum Gasteiger partial charge on any atom is 0.229 e. The van der Waals surface area contributed by atoms with Crippen LogP contribution in [0, 0.1) is 0 Å². The van der Waals surface area contributed by atoms with Crippen LogP contribution >= 0.6 is 11.3 Å². The molecule has 7 heteroatoms. The molecule has 0 aliphatic heterocycles. The fourth-order valence-electron chi connectivity index (χ4n) is 1.69. The molecule has 3 N–H and O–H groups in total. The van der Waals surface area contributed by atoms with Crippen LogP contribution in [0.15, 0.2) is 41.8 Å². The molecule has 0 saturated carbocycles. The van der Waals surface area contributed by atoms with Crippen molar-refractivity contribution in [3.8, 4) is 0 Å². The minimum atomic E-state index is -3.53. The fourth-order valence-corrected chi connectivity index (χ4v) is 3.05. The highest BCUT2D eigenvalue weighted by Gasteiger charge is 2.07. The molecule has 0 bridgehead atoms. The molecule has 20 heavy (non-hydrogen) atoms. The van der Waals surface area contributed by atoms with E-state index in [0.29, 0.717) is 17.7 Å². The van der Waals surface area contributed by atoms with Crippen LogP contribution in [0.4, 0.5) is 5.69 Å². The molecule has 0 spiro atoms. The van der Waals surface area contributed by atoms with Crippen LogP contribution in [-0.4, -0.2) is 14.3 Å². The largest absolute Gasteiger partial charge is 0.326 e. The van der Waals surface area contributed by atoms with Gasteiger partial charge in [-0.1, -0.05) is 18.2 Å². The van der Waals surface area contributed by atoms with Crippen LogP contribution in [0.5, 0.6) is 0 Å². The number of rotatable bonds is 5. The van der Waals surface area contributed by atoms with Gasteiger partial charge in [-0.2, -0.15) is 0 Å². The van der Waals surface area contributed by atoms with Crippen molar-refractivity contribution in [1.82, 2.24) is 0 Å². The Balaban J connectivity index is 1.95. The Kier molecular flexibility index (Phi) is 4.53. The Bertz CT molecular complexity index is 677. The third-order valence-corrected chi connectivity index (χ3v) is 4.13. The third-order valence-electron chi connectivity index (χ3n) is 2.52. The van der Waals surface area contributed by atoms with Gasteiger partial charge >= 0.3 is 0 Å². The predicted molar refractivity (Wildman–Crippen MR) is 79.9 cm³/mol. The molecule has 0 atom stereocenters. The number of nitrogens with one attached hydrogen (secondary N) is 1. The predicted octanol–water partition coefficient (Wildman–Crippen LogP) is 1.72. The van der Waals surface area contributed by atoms with Gasteiger partial charge in [0.2, 0.25) is 15.9 Å². The Morgan fingerprint density at radius 1 is 1.20 bits per heavy atom. The summed E-state index contributed by atoms with van der Waals surface area (Å²) in [6.45, 7) is 0. The minimum Gasteiger partial charge on any atom is -0.326 e. The lowest BCUT2D eigenvalue weighted by Crippen LogP contribution is -2.15. The van der Waals surface area contributed by atoms with Gasteiger partial charge in [0.1, 0.15) is 0 Å². The summed E-state index contributed by atoms with van der Waals surface area (Å²) in [4.78, 5) is 12.8. The van der Waals surface area contributed by atoms with Gasteiger partial charge in [0.05, 0.1) is 12.2 Å². The number of anilines is 1. The smallest absolute Gasteiger partial charge is 0.229 e. The molecule has 0 aliphatic rings. The van der Waals surface area contributed by atoms with Crippen LogP contribution in [-0.2, 0) is 27.0 Å². The van der Waals surface area contributed by atoms with Crippen molar-refractivity contribution in [3.63, 3.8) is 0 Å². The zero-order chi connectivity index (χ0) is 14.6. The summed E-state index contributed by atoms with van der Waals surface area (Å²) in [7, 11) is -3.53. The summed E-state index contributed by atoms with van der Waals surface area (Å²) >= 11 is 1.53. The average Bonchev–Trinajstić information content (AvgIpc) is 2.82. The van der Waals surface area contributed by atoms with E-state index < -0.39 is 10.0 Å². The summed E-state index contributed by atoms with van der Waals surface area (Å²) in [5.74, 6) is -0.317. The van der Waals surface area contributed by atoms with Gasteiger partial charge in [-0.3, -0.25) is 4.79 Å². The highest BCUT2D eigenvalue weighted by Crippen LogP contribution is 2.13. The lowest BCUT2D eigenvalue weighted by molar-refractivity contribution is -0.115. The molecule has 1 aromatic carbocycles. The van der Waals surface area contributed by atoms with Crippen LogP contribution in [0.3, 0.4) is 0 Å². The number of primary sulfonamides is 1. The zero-order valence-corrected chi connectivity index (χ0v) is 12.2. The molecule has 5 nitrogen and oxygen atoms in total. The van der Waals surface area contributed by atoms with Crippen molar-refractivity contribution in [2.24, 2.45) is 5.14 Å². The Morgan fingerprint density at radius 3 is 2.45 bits per heavy atom. The normalized spacial score (nSPS) is 11.2. The second-order valence-electron chi connectivity index (χ2n) is 4.31. The van der Waals surface area contributed by atoms with E-state index >= 15 is 0 Å². The number of hydrogen-bond acceptors (Lipinski definition) is 4. The summed E-state index contributed by atoms with van der Waals surface area (Å²) < 4.78 is 21.9. The summed E-state index contributed by atoms with van der Waals surface area (Å²) in [6, 6.07) is 10.4. The molecule has 1 aromatic heterocycles. The van der Waals surface area contributed by atoms with E-state index in [2.05, 4.69) is 5.32 Å². The van der Waals surface area contributed by atoms with E-state index in [-0.39, 0.29) is 11.7 Å². The minimum absolute atomic E-state index is 0.105. The molecule has 1 heterocycles. The number of amides is 1. The first-order chi connectivity index (χ1) is 9.42. The number of carbonyl (C=O) groups is 1. The summed E-state index contributed by atoms with van der Waals surface area (Å²) in [6.07, 6.45) is 0.330. The van der Waals surface area contributed by atoms with Crippen molar-refractivity contribution in [2.75, 3.05) is 5.32 Å². The standard InChI is InChI=1S/C13H14N2O3S2/c14-20(17,18)9-10-3-5-11(6-4-10)15-13(16)8-12-2-1-7-19-12/h1-7H,8-9H2,(H,15,16)(H2,14,17,18). The van der Waals surface area contributed by atoms with Gasteiger partial charge in [-0.05, 0) is 29.1 Å². The molecule has 0 saturated heterocycles. The Hall–Kier alpha value is -1.70. The van der Waals surface area contributed by atoms with Crippen molar-refractivity contribution >= 4 is 33.0 Å². The van der Waals surface area contributed by atoms with Gasteiger partial charge in [0.15, 0.2) is 0 Å². The zero-order valence-electron chi connectivity index (χ0n) is 10.6. The lowest BCUT2D eigenvalue weighted by Gasteiger charge is -2.05. The van der Waals surface area contributed by atoms with Gasteiger partial charge < -0.3 is 5.32 Å². The Labute approximate surface area is 121 Å². The maximum atomic E-state index is 11.8. The number of sulfonamides is 1. The van der Waals surface area contributed by atoms with Gasteiger partial charge in [-0.25, -0.2) is 13.6 Å². The Morgan fingerprint density at radius 2 is 1.90 bits per heavy atom. The van der Waals surface area contributed by atoms with Crippen molar-refractivity contribution in [3.05, 3.63) is 52.2 Å². The number of thiophene rings is 1. The number of nitrogens with two attached hydrogens (primary N) is 1. The lowest BCUT2D eigenvalue weighted by atomic mass is 10.2. The monoisotopic (exact) mass is 310 g/mol. The van der Waals surface area contributed by atoms with Gasteiger partial charge in [0, 0.05) is 10.6 Å². The van der Waals surface area contributed by atoms with Crippen molar-refractivity contribution in [2.45, 2.75) is 12.2 Å². The van der Waals surface area contributed by atoms with Gasteiger partial charge in [0.25, 0.3) is 0 Å². The molecule has 0 radical (unpaired) electrons. The topological polar surface area (TPSA) is 89.3 Å². The third kappa shape index (κ3) is 4.76. The first kappa shape index (κ1) is 14.7. The van der Waals surface area contributed by atoms with Crippen molar-refractivity contribution in [1.29, 1.82) is 0 Å². The first-order valence-electron chi connectivity index (χ1n) is 5.84. The molecule has 106 valence electrons. The van der Waals surface area contributed by atoms with E-state index in [9.17, 15) is 13.2 Å². The van der Waals surface area contributed by atoms with Gasteiger partial charge in [-0.15, -0.1) is 11.3 Å². The van der Waals surface area contributed by atoms with E-state index in [1.54, 1.807) is 24.3 Å². The summed E-state index contributed by atoms with van der Waals surface area (Å²) in [5.41, 5.74) is 1.22. The van der Waals surface area contributed by atoms with E-state index in [4.69, 9.17) is 5.14 Å². The van der Waals surface area contributed by atoms with E-state index in [0.717, 1.165) is 4.88 Å². The number of carbonyl (C=O) groups excluding carboxylic acids is 1. The second-order valence-corrected chi connectivity index (χ2v) is 6.96. The highest BCUT2D eigenvalue weighted by molar-refractivity contribution is 7.88. The highest BCUT2D eigenvalue weighted by atomic mass is 32.2. The molecule has 1 amide bonds. The first-order valence-corrected chi connectivity index (χ1v) is 8.43. The fraction of sp³-hybridized carbons (Fsp3) is 0.154. The van der Waals surface area contributed by atoms with Crippen LogP contribution in [0.2, 0.25) is 0 Å². The van der Waals surface area contributed by atoms with E-state index in [1.807, 2.05) is 17.5 Å². The quantitative estimate of drug-likeness (QED) is 0.881. The summed E-state index contributed by atoms with van der Waals surface area (Å²) in [5, 5.41) is 9.64. The molecule has 2 rings (SSSR count). The maximum absolute atomic E-state index is 11.8. The number of hydrogen-bond donors (Lipinski definition) is 2. The SMILES string of the molecule is NS(=O)(=O)Cc1ccc(NC(=O)Cc2cccs2)cc1. The van der Waals surface area contributed by atoms with Crippen LogP contribution in [0.25, 0.3) is 0 Å². The van der Waals surface area contributed by atoms with Crippen LogP contribution < -0.4 is 10.5 Å². The van der Waals surface area contributed by atoms with Crippen molar-refractivity contribution < 1.29 is 13.2 Å². The average molecular weight is 310 g/mol. The molecule has 0 unspecified atom stereocenters. The second kappa shape index (κ2) is 6.17. The van der Waals surface area contributed by atoms with E-state index in [1.165, 1.54) is 11.3 Å². The molecular weight excluding hydrogens is 296 g/mol.